The molecule has 0 saturated heterocycles. The molecule has 1 aromatic rings. The Morgan fingerprint density at radius 2 is 1.96 bits per heavy atom. The molecule has 0 radical (unpaired) electrons. The zero-order valence-corrected chi connectivity index (χ0v) is 17.3. The van der Waals surface area contributed by atoms with Crippen LogP contribution in [0.2, 0.25) is 0 Å². The molecular formula is C22H35NO3. The summed E-state index contributed by atoms with van der Waals surface area (Å²) in [4.78, 5) is 13.1. The van der Waals surface area contributed by atoms with Gasteiger partial charge in [-0.1, -0.05) is 27.2 Å². The van der Waals surface area contributed by atoms with Gasteiger partial charge < -0.3 is 14.8 Å². The van der Waals surface area contributed by atoms with Crippen molar-refractivity contribution in [1.82, 2.24) is 0 Å². The smallest absolute Gasteiger partial charge is 0.256 e. The summed E-state index contributed by atoms with van der Waals surface area (Å²) >= 11 is 0. The minimum Gasteiger partial charge on any atom is -0.493 e. The second-order valence-corrected chi connectivity index (χ2v) is 8.23. The number of nitrogens with one attached hydrogen (secondary N) is 1. The number of hydrogen-bond donors (Lipinski definition) is 1. The summed E-state index contributed by atoms with van der Waals surface area (Å²) in [6.07, 6.45) is 3.79. The fraction of sp³-hybridized carbons (Fsp3) is 0.682. The molecule has 4 heteroatoms. The Hall–Kier alpha value is -1.55. The molecule has 2 rings (SSSR count). The Morgan fingerprint density at radius 1 is 1.31 bits per heavy atom. The third-order valence-corrected chi connectivity index (χ3v) is 5.07. The number of anilines is 1. The van der Waals surface area contributed by atoms with Crippen LogP contribution in [0.25, 0.3) is 0 Å². The third kappa shape index (κ3) is 5.00. The monoisotopic (exact) mass is 361 g/mol. The van der Waals surface area contributed by atoms with E-state index in [2.05, 4.69) is 26.1 Å². The van der Waals surface area contributed by atoms with Crippen molar-refractivity contribution >= 4 is 11.6 Å². The number of benzene rings is 1. The summed E-state index contributed by atoms with van der Waals surface area (Å²) in [5.41, 5.74) is 2.21. The van der Waals surface area contributed by atoms with Crippen LogP contribution in [0.1, 0.15) is 64.5 Å². The maximum absolute atomic E-state index is 13.1. The molecule has 1 aromatic carbocycles. The van der Waals surface area contributed by atoms with Crippen molar-refractivity contribution in [3.05, 3.63) is 23.3 Å². The first-order valence-electron chi connectivity index (χ1n) is 9.97. The van der Waals surface area contributed by atoms with Gasteiger partial charge in [0.15, 0.2) is 0 Å². The van der Waals surface area contributed by atoms with Crippen molar-refractivity contribution in [2.45, 2.75) is 72.8 Å². The van der Waals surface area contributed by atoms with Gasteiger partial charge >= 0.3 is 0 Å². The van der Waals surface area contributed by atoms with Crippen LogP contribution in [-0.4, -0.2) is 24.7 Å². The molecule has 4 nitrogen and oxygen atoms in total. The maximum atomic E-state index is 13.1. The van der Waals surface area contributed by atoms with Crippen molar-refractivity contribution in [1.29, 1.82) is 0 Å². The highest BCUT2D eigenvalue weighted by atomic mass is 16.5. The zero-order valence-electron chi connectivity index (χ0n) is 17.3. The summed E-state index contributed by atoms with van der Waals surface area (Å²) < 4.78 is 11.9. The van der Waals surface area contributed by atoms with Crippen LogP contribution in [0.3, 0.4) is 0 Å². The third-order valence-electron chi connectivity index (χ3n) is 5.07. The van der Waals surface area contributed by atoms with E-state index in [1.165, 1.54) is 6.42 Å². The van der Waals surface area contributed by atoms with Crippen molar-refractivity contribution in [2.75, 3.05) is 18.5 Å². The molecule has 0 unspecified atom stereocenters. The number of amides is 1. The van der Waals surface area contributed by atoms with Crippen LogP contribution in [0, 0.1) is 25.7 Å². The largest absolute Gasteiger partial charge is 0.493 e. The minimum atomic E-state index is -0.693. The SMILES string of the molecule is CCO[C@@]1(C(=O)Nc2cc(C)c(OCC(C)C)c(C)c2)CCC[C@H](C)C1. The van der Waals surface area contributed by atoms with Gasteiger partial charge in [0.1, 0.15) is 11.4 Å². The number of aryl methyl sites for hydroxylation is 2. The van der Waals surface area contributed by atoms with E-state index in [0.29, 0.717) is 25.0 Å². The minimum absolute atomic E-state index is 0.0134. The van der Waals surface area contributed by atoms with Gasteiger partial charge in [-0.15, -0.1) is 0 Å². The van der Waals surface area contributed by atoms with Crippen molar-refractivity contribution in [2.24, 2.45) is 11.8 Å². The number of hydrogen-bond acceptors (Lipinski definition) is 3. The highest BCUT2D eigenvalue weighted by Crippen LogP contribution is 2.37. The van der Waals surface area contributed by atoms with E-state index in [1.807, 2.05) is 32.9 Å². The van der Waals surface area contributed by atoms with Crippen LogP contribution in [0.5, 0.6) is 5.75 Å². The lowest BCUT2D eigenvalue weighted by molar-refractivity contribution is -0.147. The molecule has 1 amide bonds. The molecule has 0 aliphatic heterocycles. The maximum Gasteiger partial charge on any atom is 0.256 e. The van der Waals surface area contributed by atoms with E-state index in [0.717, 1.165) is 41.8 Å². The van der Waals surface area contributed by atoms with Gasteiger partial charge in [-0.05, 0) is 75.1 Å². The van der Waals surface area contributed by atoms with Gasteiger partial charge in [0.2, 0.25) is 0 Å². The van der Waals surface area contributed by atoms with Gasteiger partial charge in [0.25, 0.3) is 5.91 Å². The highest BCUT2D eigenvalue weighted by Gasteiger charge is 2.42. The molecule has 146 valence electrons. The molecule has 1 aliphatic carbocycles. The molecule has 1 saturated carbocycles. The number of ether oxygens (including phenoxy) is 2. The standard InChI is InChI=1S/C22H35NO3/c1-7-26-22(10-8-9-16(4)13-22)21(24)23-19-11-17(5)20(18(6)12-19)25-14-15(2)3/h11-12,15-16H,7-10,13-14H2,1-6H3,(H,23,24)/t16-,22-/m0/s1. The Morgan fingerprint density at radius 3 is 2.50 bits per heavy atom. The molecule has 1 fully saturated rings. The lowest BCUT2D eigenvalue weighted by Gasteiger charge is -2.38. The number of carbonyl (C=O) groups is 1. The average molecular weight is 362 g/mol. The van der Waals surface area contributed by atoms with Crippen LogP contribution in [0.15, 0.2) is 12.1 Å². The van der Waals surface area contributed by atoms with Crippen LogP contribution < -0.4 is 10.1 Å². The molecule has 1 aliphatic rings. The second-order valence-electron chi connectivity index (χ2n) is 8.23. The molecule has 2 atom stereocenters. The summed E-state index contributed by atoms with van der Waals surface area (Å²) in [6.45, 7) is 13.7. The van der Waals surface area contributed by atoms with Gasteiger partial charge in [-0.3, -0.25) is 4.79 Å². The van der Waals surface area contributed by atoms with E-state index in [4.69, 9.17) is 9.47 Å². The van der Waals surface area contributed by atoms with E-state index in [-0.39, 0.29) is 5.91 Å². The van der Waals surface area contributed by atoms with E-state index < -0.39 is 5.60 Å². The Labute approximate surface area is 158 Å². The van der Waals surface area contributed by atoms with Crippen molar-refractivity contribution in [3.63, 3.8) is 0 Å². The first-order valence-corrected chi connectivity index (χ1v) is 9.97. The summed E-state index contributed by atoms with van der Waals surface area (Å²) in [5.74, 6) is 1.90. The van der Waals surface area contributed by atoms with Crippen molar-refractivity contribution in [3.8, 4) is 5.75 Å². The van der Waals surface area contributed by atoms with Gasteiger partial charge in [0.05, 0.1) is 6.61 Å². The Balaban J connectivity index is 2.17. The number of carbonyl (C=O) groups excluding carboxylic acids is 1. The number of rotatable bonds is 7. The van der Waals surface area contributed by atoms with E-state index in [1.54, 1.807) is 0 Å². The van der Waals surface area contributed by atoms with Gasteiger partial charge in [0, 0.05) is 12.3 Å². The molecule has 0 aromatic heterocycles. The predicted molar refractivity (Wildman–Crippen MR) is 107 cm³/mol. The Bertz CT molecular complexity index is 599. The van der Waals surface area contributed by atoms with Crippen LogP contribution >= 0.6 is 0 Å². The summed E-state index contributed by atoms with van der Waals surface area (Å²) in [7, 11) is 0. The lowest BCUT2D eigenvalue weighted by atomic mass is 9.78. The molecule has 26 heavy (non-hydrogen) atoms. The molecule has 1 N–H and O–H groups in total. The molecule has 0 spiro atoms. The molecule has 0 bridgehead atoms. The normalized spacial score (nSPS) is 23.1. The van der Waals surface area contributed by atoms with Gasteiger partial charge in [-0.25, -0.2) is 0 Å². The summed E-state index contributed by atoms with van der Waals surface area (Å²) in [6, 6.07) is 3.99. The predicted octanol–water partition coefficient (Wildman–Crippen LogP) is 5.26. The summed E-state index contributed by atoms with van der Waals surface area (Å²) in [5, 5.41) is 3.11. The van der Waals surface area contributed by atoms with Crippen LogP contribution in [-0.2, 0) is 9.53 Å². The van der Waals surface area contributed by atoms with Crippen molar-refractivity contribution < 1.29 is 14.3 Å². The fourth-order valence-electron chi connectivity index (χ4n) is 3.93. The first-order chi connectivity index (χ1) is 12.3. The topological polar surface area (TPSA) is 47.6 Å². The lowest BCUT2D eigenvalue weighted by Crippen LogP contribution is -2.48. The van der Waals surface area contributed by atoms with Gasteiger partial charge in [-0.2, -0.15) is 0 Å². The molecular weight excluding hydrogens is 326 g/mol. The highest BCUT2D eigenvalue weighted by molar-refractivity contribution is 5.97. The Kier molecular flexibility index (Phi) is 7.10. The van der Waals surface area contributed by atoms with E-state index >= 15 is 0 Å². The fourth-order valence-corrected chi connectivity index (χ4v) is 3.93. The van der Waals surface area contributed by atoms with E-state index in [9.17, 15) is 4.79 Å². The van der Waals surface area contributed by atoms with Crippen LogP contribution in [0.4, 0.5) is 5.69 Å². The quantitative estimate of drug-likeness (QED) is 0.720. The average Bonchev–Trinajstić information content (AvgIpc) is 2.54. The first kappa shape index (κ1) is 20.8. The molecule has 0 heterocycles. The second kappa shape index (κ2) is 8.90. The zero-order chi connectivity index (χ0) is 19.3.